The Kier molecular flexibility index (Phi) is 61.2. The lowest BCUT2D eigenvalue weighted by Crippen LogP contribution is -2.30. The molecular formula is C69H124O6. The summed E-state index contributed by atoms with van der Waals surface area (Å²) in [5, 5.41) is 0. The summed E-state index contributed by atoms with van der Waals surface area (Å²) >= 11 is 0. The molecule has 6 nitrogen and oxygen atoms in total. The molecule has 0 N–H and O–H groups in total. The lowest BCUT2D eigenvalue weighted by atomic mass is 10.0. The Balaban J connectivity index is 4.04. The van der Waals surface area contributed by atoms with Crippen molar-refractivity contribution in [3.8, 4) is 0 Å². The van der Waals surface area contributed by atoms with Crippen molar-refractivity contribution < 1.29 is 28.6 Å². The van der Waals surface area contributed by atoms with Crippen molar-refractivity contribution in [2.24, 2.45) is 0 Å². The minimum Gasteiger partial charge on any atom is -0.462 e. The minimum absolute atomic E-state index is 0.0844. The zero-order valence-corrected chi connectivity index (χ0v) is 50.1. The molecule has 0 heterocycles. The maximum atomic E-state index is 12.8. The molecule has 0 rings (SSSR count). The summed E-state index contributed by atoms with van der Waals surface area (Å²) in [6.07, 6.45) is 81.4. The van der Waals surface area contributed by atoms with Crippen LogP contribution in [0.15, 0.2) is 60.8 Å². The first-order valence-corrected chi connectivity index (χ1v) is 32.8. The monoisotopic (exact) mass is 1050 g/mol. The fourth-order valence-corrected chi connectivity index (χ4v) is 9.65. The number of unbranched alkanes of at least 4 members (excludes halogenated alkanes) is 39. The zero-order valence-electron chi connectivity index (χ0n) is 50.1. The molecule has 0 aliphatic heterocycles. The van der Waals surface area contributed by atoms with Crippen LogP contribution < -0.4 is 0 Å². The molecule has 0 aromatic carbocycles. The van der Waals surface area contributed by atoms with Crippen LogP contribution in [0.5, 0.6) is 0 Å². The molecule has 75 heavy (non-hydrogen) atoms. The van der Waals surface area contributed by atoms with Crippen LogP contribution >= 0.6 is 0 Å². The van der Waals surface area contributed by atoms with Crippen molar-refractivity contribution in [3.05, 3.63) is 60.8 Å². The van der Waals surface area contributed by atoms with Gasteiger partial charge in [-0.1, -0.05) is 319 Å². The SMILES string of the molecule is CC/C=C\C/C=C\C/C=C\C/C=C\C/C=C\CCCCCC(=O)OC(COC(=O)CCCCCCCCC)COC(=O)CCCCCCCCCCCCCCCCCCCCCCCCCCCCCCCCC. The van der Waals surface area contributed by atoms with Crippen molar-refractivity contribution in [1.29, 1.82) is 0 Å². The van der Waals surface area contributed by atoms with Crippen LogP contribution in [0.2, 0.25) is 0 Å². The van der Waals surface area contributed by atoms with Gasteiger partial charge in [-0.2, -0.15) is 0 Å². The molecule has 0 amide bonds. The molecular weight excluding hydrogens is 925 g/mol. The van der Waals surface area contributed by atoms with Crippen molar-refractivity contribution in [2.75, 3.05) is 13.2 Å². The molecule has 0 aliphatic rings. The van der Waals surface area contributed by atoms with Gasteiger partial charge in [0.15, 0.2) is 6.10 Å². The molecule has 0 aromatic rings. The van der Waals surface area contributed by atoms with Gasteiger partial charge >= 0.3 is 17.9 Å². The number of ether oxygens (including phenoxy) is 3. The Bertz CT molecular complexity index is 1340. The standard InChI is InChI=1S/C69H124O6/c1-4-7-10-13-16-18-20-22-24-26-28-29-30-31-32-33-34-35-36-37-38-39-41-42-44-46-48-50-53-56-59-62-68(71)74-65-66(64-73-67(70)61-58-55-52-15-12-9-6-3)75-69(72)63-60-57-54-51-49-47-45-43-40-27-25-23-21-19-17-14-11-8-5-2/h8,11,17,19,23,25,40,43,47,49,66H,4-7,9-10,12-16,18,20-22,24,26-39,41-42,44-46,48,50-65H2,1-3H3/b11-8-,19-17-,25-23-,43-40-,49-47-. The van der Waals surface area contributed by atoms with E-state index in [2.05, 4.69) is 81.5 Å². The molecule has 0 saturated carbocycles. The predicted octanol–water partition coefficient (Wildman–Crippen LogP) is 22.3. The first-order chi connectivity index (χ1) is 37.0. The highest BCUT2D eigenvalue weighted by Gasteiger charge is 2.19. The average Bonchev–Trinajstić information content (AvgIpc) is 3.41. The molecule has 0 bridgehead atoms. The summed E-state index contributed by atoms with van der Waals surface area (Å²) in [7, 11) is 0. The van der Waals surface area contributed by atoms with Gasteiger partial charge in [0.2, 0.25) is 0 Å². The lowest BCUT2D eigenvalue weighted by molar-refractivity contribution is -0.167. The number of hydrogen-bond acceptors (Lipinski definition) is 6. The average molecular weight is 1050 g/mol. The Morgan fingerprint density at radius 3 is 0.813 bits per heavy atom. The Morgan fingerprint density at radius 1 is 0.280 bits per heavy atom. The van der Waals surface area contributed by atoms with E-state index in [-0.39, 0.29) is 31.1 Å². The van der Waals surface area contributed by atoms with E-state index in [9.17, 15) is 14.4 Å². The van der Waals surface area contributed by atoms with Gasteiger partial charge in [-0.15, -0.1) is 0 Å². The molecule has 0 spiro atoms. The molecule has 6 heteroatoms. The summed E-state index contributed by atoms with van der Waals surface area (Å²) in [5.74, 6) is -0.909. The van der Waals surface area contributed by atoms with Crippen molar-refractivity contribution in [3.63, 3.8) is 0 Å². The summed E-state index contributed by atoms with van der Waals surface area (Å²) in [6.45, 7) is 6.50. The molecule has 0 fully saturated rings. The highest BCUT2D eigenvalue weighted by Crippen LogP contribution is 2.18. The Hall–Kier alpha value is -2.89. The van der Waals surface area contributed by atoms with Crippen LogP contribution in [0.3, 0.4) is 0 Å². The number of rotatable bonds is 60. The van der Waals surface area contributed by atoms with Gasteiger partial charge in [-0.3, -0.25) is 14.4 Å². The maximum Gasteiger partial charge on any atom is 0.306 e. The van der Waals surface area contributed by atoms with Crippen LogP contribution in [-0.4, -0.2) is 37.2 Å². The van der Waals surface area contributed by atoms with Crippen molar-refractivity contribution in [1.82, 2.24) is 0 Å². The number of allylic oxidation sites excluding steroid dienone is 10. The van der Waals surface area contributed by atoms with E-state index in [1.165, 1.54) is 205 Å². The molecule has 1 unspecified atom stereocenters. The topological polar surface area (TPSA) is 78.9 Å². The lowest BCUT2D eigenvalue weighted by Gasteiger charge is -2.18. The fourth-order valence-electron chi connectivity index (χ4n) is 9.65. The van der Waals surface area contributed by atoms with E-state index >= 15 is 0 Å². The number of esters is 3. The first kappa shape index (κ1) is 72.1. The highest BCUT2D eigenvalue weighted by molar-refractivity contribution is 5.71. The molecule has 0 radical (unpaired) electrons. The van der Waals surface area contributed by atoms with E-state index in [4.69, 9.17) is 14.2 Å². The van der Waals surface area contributed by atoms with E-state index in [1.54, 1.807) is 0 Å². The van der Waals surface area contributed by atoms with E-state index in [0.717, 1.165) is 96.3 Å². The van der Waals surface area contributed by atoms with Crippen LogP contribution in [0.1, 0.15) is 342 Å². The van der Waals surface area contributed by atoms with E-state index in [0.29, 0.717) is 19.3 Å². The van der Waals surface area contributed by atoms with Gasteiger partial charge in [-0.05, 0) is 64.2 Å². The number of carbonyl (C=O) groups is 3. The van der Waals surface area contributed by atoms with E-state index in [1.807, 2.05) is 0 Å². The van der Waals surface area contributed by atoms with Crippen LogP contribution in [0, 0.1) is 0 Å². The summed E-state index contributed by atoms with van der Waals surface area (Å²) in [6, 6.07) is 0. The van der Waals surface area contributed by atoms with Gasteiger partial charge < -0.3 is 14.2 Å². The molecule has 1 atom stereocenters. The second-order valence-electron chi connectivity index (χ2n) is 22.0. The van der Waals surface area contributed by atoms with Gasteiger partial charge in [0, 0.05) is 19.3 Å². The summed E-state index contributed by atoms with van der Waals surface area (Å²) in [5.41, 5.74) is 0. The Morgan fingerprint density at radius 2 is 0.520 bits per heavy atom. The second kappa shape index (κ2) is 63.6. The van der Waals surface area contributed by atoms with Gasteiger partial charge in [0.25, 0.3) is 0 Å². The zero-order chi connectivity index (χ0) is 54.3. The van der Waals surface area contributed by atoms with Crippen LogP contribution in [0.4, 0.5) is 0 Å². The minimum atomic E-state index is -0.788. The highest BCUT2D eigenvalue weighted by atomic mass is 16.6. The van der Waals surface area contributed by atoms with Gasteiger partial charge in [0.05, 0.1) is 0 Å². The second-order valence-corrected chi connectivity index (χ2v) is 22.0. The maximum absolute atomic E-state index is 12.8. The third-order valence-electron chi connectivity index (χ3n) is 14.5. The number of hydrogen-bond donors (Lipinski definition) is 0. The van der Waals surface area contributed by atoms with Gasteiger partial charge in [0.1, 0.15) is 13.2 Å². The smallest absolute Gasteiger partial charge is 0.306 e. The molecule has 0 aliphatic carbocycles. The first-order valence-electron chi connectivity index (χ1n) is 32.8. The third kappa shape index (κ3) is 61.8. The largest absolute Gasteiger partial charge is 0.462 e. The quantitative estimate of drug-likeness (QED) is 0.0261. The van der Waals surface area contributed by atoms with Crippen LogP contribution in [-0.2, 0) is 28.6 Å². The molecule has 0 saturated heterocycles. The van der Waals surface area contributed by atoms with Crippen molar-refractivity contribution >= 4 is 17.9 Å². The van der Waals surface area contributed by atoms with E-state index < -0.39 is 6.10 Å². The molecule has 436 valence electrons. The van der Waals surface area contributed by atoms with Crippen LogP contribution in [0.25, 0.3) is 0 Å². The summed E-state index contributed by atoms with van der Waals surface area (Å²) < 4.78 is 16.8. The number of carbonyl (C=O) groups excluding carboxylic acids is 3. The van der Waals surface area contributed by atoms with Crippen molar-refractivity contribution in [2.45, 2.75) is 348 Å². The Labute approximate surface area is 466 Å². The summed E-state index contributed by atoms with van der Waals surface area (Å²) in [4.78, 5) is 38.0. The van der Waals surface area contributed by atoms with Gasteiger partial charge in [-0.25, -0.2) is 0 Å². The third-order valence-corrected chi connectivity index (χ3v) is 14.5. The predicted molar refractivity (Wildman–Crippen MR) is 325 cm³/mol. The fraction of sp³-hybridized carbons (Fsp3) is 0.812. The normalized spacial score (nSPS) is 12.4. The molecule has 0 aromatic heterocycles.